The monoisotopic (exact) mass is 387 g/mol. The fraction of sp³-hybridized carbons (Fsp3) is 0.450. The van der Waals surface area contributed by atoms with Gasteiger partial charge in [0, 0.05) is 31.7 Å². The molecule has 1 unspecified atom stereocenters. The Morgan fingerprint density at radius 3 is 2.70 bits per heavy atom. The van der Waals surface area contributed by atoms with Gasteiger partial charge in [-0.1, -0.05) is 24.6 Å². The van der Waals surface area contributed by atoms with Crippen molar-refractivity contribution in [3.05, 3.63) is 48.2 Å². The third kappa shape index (κ3) is 4.09. The molecule has 1 aromatic heterocycles. The molecule has 0 radical (unpaired) electrons. The zero-order valence-corrected chi connectivity index (χ0v) is 16.1. The van der Waals surface area contributed by atoms with E-state index >= 15 is 0 Å². The Morgan fingerprint density at radius 1 is 1.11 bits per heavy atom. The van der Waals surface area contributed by atoms with Crippen LogP contribution in [0, 0.1) is 5.92 Å². The van der Waals surface area contributed by atoms with Crippen LogP contribution in [0.1, 0.15) is 24.8 Å². The summed E-state index contributed by atoms with van der Waals surface area (Å²) in [5.74, 6) is 2.02. The maximum atomic E-state index is 12.7. The second-order valence-electron chi connectivity index (χ2n) is 7.21. The van der Waals surface area contributed by atoms with Crippen molar-refractivity contribution in [1.82, 2.24) is 9.29 Å². The highest BCUT2D eigenvalue weighted by Gasteiger charge is 2.26. The first-order valence-corrected chi connectivity index (χ1v) is 11.0. The van der Waals surface area contributed by atoms with Crippen molar-refractivity contribution < 1.29 is 13.2 Å². The predicted octanol–water partition coefficient (Wildman–Crippen LogP) is 2.92. The molecule has 2 aliphatic rings. The van der Waals surface area contributed by atoms with E-state index < -0.39 is 10.0 Å². The van der Waals surface area contributed by atoms with Crippen LogP contribution in [-0.4, -0.2) is 43.9 Å². The molecule has 27 heavy (non-hydrogen) atoms. The zero-order chi connectivity index (χ0) is 18.7. The highest BCUT2D eigenvalue weighted by Crippen LogP contribution is 2.27. The molecule has 0 saturated carbocycles. The maximum Gasteiger partial charge on any atom is 0.244 e. The van der Waals surface area contributed by atoms with Gasteiger partial charge in [0.05, 0.1) is 6.61 Å². The number of para-hydroxylation sites is 1. The summed E-state index contributed by atoms with van der Waals surface area (Å²) in [6.07, 6.45) is 5.38. The molecule has 1 atom stereocenters. The summed E-state index contributed by atoms with van der Waals surface area (Å²) in [5, 5.41) is 3.30. The molecule has 6 nitrogen and oxygen atoms in total. The first kappa shape index (κ1) is 18.3. The number of hydrogen-bond donors (Lipinski definition) is 1. The number of piperidine rings is 1. The molecule has 4 rings (SSSR count). The van der Waals surface area contributed by atoms with E-state index in [0.717, 1.165) is 38.0 Å². The molecule has 1 saturated heterocycles. The van der Waals surface area contributed by atoms with Gasteiger partial charge in [-0.3, -0.25) is 0 Å². The molecule has 1 aromatic carbocycles. The van der Waals surface area contributed by atoms with Crippen LogP contribution >= 0.6 is 0 Å². The number of anilines is 1. The number of nitrogens with one attached hydrogen (secondary N) is 1. The summed E-state index contributed by atoms with van der Waals surface area (Å²) >= 11 is 0. The Morgan fingerprint density at radius 2 is 1.93 bits per heavy atom. The van der Waals surface area contributed by atoms with E-state index in [9.17, 15) is 8.42 Å². The molecule has 2 aromatic rings. The van der Waals surface area contributed by atoms with E-state index in [1.165, 1.54) is 11.8 Å². The Hall–Kier alpha value is -2.12. The summed E-state index contributed by atoms with van der Waals surface area (Å²) < 4.78 is 32.7. The highest BCUT2D eigenvalue weighted by molar-refractivity contribution is 7.89. The van der Waals surface area contributed by atoms with Crippen LogP contribution in [0.2, 0.25) is 0 Å². The van der Waals surface area contributed by atoms with Crippen LogP contribution in [0.25, 0.3) is 0 Å². The second kappa shape index (κ2) is 7.86. The van der Waals surface area contributed by atoms with Crippen LogP contribution in [0.4, 0.5) is 5.82 Å². The summed E-state index contributed by atoms with van der Waals surface area (Å²) in [5.41, 5.74) is 1.23. The first-order valence-electron chi connectivity index (χ1n) is 9.54. The van der Waals surface area contributed by atoms with Gasteiger partial charge in [0.2, 0.25) is 10.0 Å². The first-order chi connectivity index (χ1) is 13.1. The number of nitrogens with zero attached hydrogens (tertiary/aromatic N) is 2. The minimum absolute atomic E-state index is 0.268. The van der Waals surface area contributed by atoms with Crippen molar-refractivity contribution in [2.45, 2.75) is 30.6 Å². The molecule has 2 aliphatic heterocycles. The summed E-state index contributed by atoms with van der Waals surface area (Å²) in [6, 6.07) is 11.5. The third-order valence-corrected chi connectivity index (χ3v) is 7.10. The Bertz CT molecular complexity index is 878. The van der Waals surface area contributed by atoms with Crippen molar-refractivity contribution in [2.75, 3.05) is 31.6 Å². The molecular weight excluding hydrogens is 362 g/mol. The Kier molecular flexibility index (Phi) is 5.31. The lowest BCUT2D eigenvalue weighted by atomic mass is 9.97. The van der Waals surface area contributed by atoms with E-state index in [-0.39, 0.29) is 4.90 Å². The normalized spacial score (nSPS) is 20.5. The minimum atomic E-state index is -3.42. The summed E-state index contributed by atoms with van der Waals surface area (Å²) in [4.78, 5) is 4.58. The minimum Gasteiger partial charge on any atom is -0.493 e. The summed E-state index contributed by atoms with van der Waals surface area (Å²) in [7, 11) is -3.42. The zero-order valence-electron chi connectivity index (χ0n) is 15.3. The average molecular weight is 388 g/mol. The third-order valence-electron chi connectivity index (χ3n) is 5.22. The van der Waals surface area contributed by atoms with Gasteiger partial charge in [0.15, 0.2) is 0 Å². The molecule has 1 N–H and O–H groups in total. The fourth-order valence-electron chi connectivity index (χ4n) is 3.66. The van der Waals surface area contributed by atoms with Crippen LogP contribution in [0.15, 0.2) is 47.5 Å². The average Bonchev–Trinajstić information content (AvgIpc) is 2.73. The van der Waals surface area contributed by atoms with E-state index in [0.29, 0.717) is 31.4 Å². The quantitative estimate of drug-likeness (QED) is 0.854. The number of pyridine rings is 1. The number of ether oxygens (including phenoxy) is 1. The van der Waals surface area contributed by atoms with Crippen LogP contribution in [-0.2, 0) is 16.4 Å². The van der Waals surface area contributed by atoms with E-state index in [1.54, 1.807) is 16.4 Å². The van der Waals surface area contributed by atoms with E-state index in [1.807, 2.05) is 18.2 Å². The lowest BCUT2D eigenvalue weighted by Gasteiger charge is -2.26. The van der Waals surface area contributed by atoms with Crippen LogP contribution < -0.4 is 10.1 Å². The van der Waals surface area contributed by atoms with Crippen molar-refractivity contribution >= 4 is 15.8 Å². The van der Waals surface area contributed by atoms with Gasteiger partial charge in [-0.25, -0.2) is 13.4 Å². The van der Waals surface area contributed by atoms with Gasteiger partial charge in [-0.15, -0.1) is 0 Å². The van der Waals surface area contributed by atoms with Crippen LogP contribution in [0.3, 0.4) is 0 Å². The summed E-state index contributed by atoms with van der Waals surface area (Å²) in [6.45, 7) is 2.61. The molecule has 0 aliphatic carbocycles. The number of hydrogen-bond acceptors (Lipinski definition) is 5. The number of sulfonamides is 1. The fourth-order valence-corrected chi connectivity index (χ4v) is 5.13. The largest absolute Gasteiger partial charge is 0.493 e. The van der Waals surface area contributed by atoms with Gasteiger partial charge < -0.3 is 10.1 Å². The highest BCUT2D eigenvalue weighted by atomic mass is 32.2. The predicted molar refractivity (Wildman–Crippen MR) is 104 cm³/mol. The van der Waals surface area contributed by atoms with Crippen LogP contribution in [0.5, 0.6) is 5.75 Å². The number of fused-ring (bicyclic) bond motifs is 1. The maximum absolute atomic E-state index is 12.7. The second-order valence-corrected chi connectivity index (χ2v) is 9.15. The topological polar surface area (TPSA) is 71.5 Å². The molecule has 0 bridgehead atoms. The molecule has 7 heteroatoms. The van der Waals surface area contributed by atoms with Crippen molar-refractivity contribution in [1.29, 1.82) is 0 Å². The molecule has 0 amide bonds. The van der Waals surface area contributed by atoms with Gasteiger partial charge in [0.1, 0.15) is 16.5 Å². The van der Waals surface area contributed by atoms with E-state index in [2.05, 4.69) is 16.4 Å². The van der Waals surface area contributed by atoms with Crippen molar-refractivity contribution in [3.63, 3.8) is 0 Å². The van der Waals surface area contributed by atoms with Crippen molar-refractivity contribution in [3.8, 4) is 5.75 Å². The molecule has 1 fully saturated rings. The van der Waals surface area contributed by atoms with E-state index in [4.69, 9.17) is 4.74 Å². The molecule has 0 spiro atoms. The molecule has 3 heterocycles. The number of benzene rings is 1. The van der Waals surface area contributed by atoms with Gasteiger partial charge in [0.25, 0.3) is 0 Å². The number of rotatable bonds is 5. The van der Waals surface area contributed by atoms with Crippen molar-refractivity contribution in [2.24, 2.45) is 5.92 Å². The molecule has 144 valence electrons. The van der Waals surface area contributed by atoms with Gasteiger partial charge in [-0.05, 0) is 43.0 Å². The van der Waals surface area contributed by atoms with Gasteiger partial charge >= 0.3 is 0 Å². The Balaban J connectivity index is 1.36. The lowest BCUT2D eigenvalue weighted by molar-refractivity contribution is 0.229. The SMILES string of the molecule is O=S(=O)(c1ccc(NCC2COc3ccccc3C2)nc1)N1CCCCC1. The standard InChI is InChI=1S/C20H25N3O3S/c24-27(25,23-10-4-1-5-11-23)18-8-9-20(22-14-18)21-13-16-12-17-6-2-3-7-19(17)26-15-16/h2-3,6-9,14,16H,1,4-5,10-13,15H2,(H,21,22). The lowest BCUT2D eigenvalue weighted by Crippen LogP contribution is -2.35. The smallest absolute Gasteiger partial charge is 0.244 e. The Labute approximate surface area is 160 Å². The van der Waals surface area contributed by atoms with Gasteiger partial charge in [-0.2, -0.15) is 4.31 Å². The number of aromatic nitrogens is 1. The molecular formula is C20H25N3O3S.